The Morgan fingerprint density at radius 2 is 2.12 bits per heavy atom. The molecule has 0 fully saturated rings. The number of fused-ring (bicyclic) bond motifs is 2. The zero-order valence-electron chi connectivity index (χ0n) is 18.2. The Hall–Kier alpha value is -3.59. The first-order valence-electron chi connectivity index (χ1n) is 10.9. The molecule has 8 nitrogen and oxygen atoms in total. The second kappa shape index (κ2) is 9.50. The first kappa shape index (κ1) is 21.3. The van der Waals surface area contributed by atoms with Gasteiger partial charge in [-0.1, -0.05) is 29.5 Å². The first-order chi connectivity index (χ1) is 16.2. The number of imidazole rings is 1. The zero-order chi connectivity index (χ0) is 22.6. The van der Waals surface area contributed by atoms with E-state index in [1.165, 1.54) is 11.3 Å². The maximum atomic E-state index is 13.6. The molecular weight excluding hydrogens is 440 g/mol. The van der Waals surface area contributed by atoms with Crippen LogP contribution in [0.15, 0.2) is 61.2 Å². The van der Waals surface area contributed by atoms with Gasteiger partial charge in [-0.3, -0.25) is 9.69 Å². The molecule has 1 amide bonds. The summed E-state index contributed by atoms with van der Waals surface area (Å²) in [5.41, 5.74) is 0.762. The van der Waals surface area contributed by atoms with Gasteiger partial charge in [0, 0.05) is 25.5 Å². The van der Waals surface area contributed by atoms with Gasteiger partial charge in [-0.05, 0) is 37.6 Å². The summed E-state index contributed by atoms with van der Waals surface area (Å²) in [6.07, 6.45) is 5.42. The number of ether oxygens (including phenoxy) is 3. The van der Waals surface area contributed by atoms with Crippen molar-refractivity contribution < 1.29 is 19.0 Å². The summed E-state index contributed by atoms with van der Waals surface area (Å²) in [4.78, 5) is 24.2. The van der Waals surface area contributed by atoms with Crippen LogP contribution in [0.4, 0.5) is 5.13 Å². The molecule has 0 saturated heterocycles. The maximum absolute atomic E-state index is 13.6. The molecule has 0 radical (unpaired) electrons. The van der Waals surface area contributed by atoms with Crippen molar-refractivity contribution in [2.24, 2.45) is 0 Å². The largest absolute Gasteiger partial charge is 0.492 e. The highest BCUT2D eigenvalue weighted by molar-refractivity contribution is 7.22. The molecule has 2 aromatic carbocycles. The average Bonchev–Trinajstić information content (AvgIpc) is 3.52. The topological polar surface area (TPSA) is 78.7 Å². The van der Waals surface area contributed by atoms with Gasteiger partial charge in [0.2, 0.25) is 6.10 Å². The minimum atomic E-state index is -0.744. The van der Waals surface area contributed by atoms with E-state index in [0.29, 0.717) is 29.8 Å². The highest BCUT2D eigenvalue weighted by Gasteiger charge is 2.33. The van der Waals surface area contributed by atoms with Crippen LogP contribution >= 0.6 is 11.3 Å². The molecule has 1 aliphatic rings. The van der Waals surface area contributed by atoms with E-state index in [4.69, 9.17) is 19.2 Å². The van der Waals surface area contributed by atoms with Crippen LogP contribution < -0.4 is 19.1 Å². The highest BCUT2D eigenvalue weighted by Crippen LogP contribution is 2.36. The fraction of sp³-hybridized carbons (Fsp3) is 0.292. The van der Waals surface area contributed by atoms with Crippen LogP contribution in [0, 0.1) is 0 Å². The lowest BCUT2D eigenvalue weighted by atomic mass is 10.2. The van der Waals surface area contributed by atoms with Gasteiger partial charge < -0.3 is 18.8 Å². The summed E-state index contributed by atoms with van der Waals surface area (Å²) in [7, 11) is 0. The Morgan fingerprint density at radius 1 is 1.24 bits per heavy atom. The monoisotopic (exact) mass is 464 g/mol. The molecule has 170 valence electrons. The lowest BCUT2D eigenvalue weighted by Gasteiger charge is -2.29. The van der Waals surface area contributed by atoms with Crippen LogP contribution in [0.1, 0.15) is 13.3 Å². The molecule has 33 heavy (non-hydrogen) atoms. The van der Waals surface area contributed by atoms with E-state index in [9.17, 15) is 4.79 Å². The number of aromatic nitrogens is 3. The van der Waals surface area contributed by atoms with Crippen molar-refractivity contribution in [3.05, 3.63) is 61.2 Å². The predicted molar refractivity (Wildman–Crippen MR) is 126 cm³/mol. The summed E-state index contributed by atoms with van der Waals surface area (Å²) in [5.74, 6) is 1.76. The van der Waals surface area contributed by atoms with Crippen molar-refractivity contribution in [2.45, 2.75) is 26.0 Å². The van der Waals surface area contributed by atoms with Crippen LogP contribution in [0.2, 0.25) is 0 Å². The number of para-hydroxylation sites is 3. The van der Waals surface area contributed by atoms with E-state index in [1.54, 1.807) is 17.4 Å². The van der Waals surface area contributed by atoms with Crippen molar-refractivity contribution in [1.29, 1.82) is 0 Å². The summed E-state index contributed by atoms with van der Waals surface area (Å²) in [6, 6.07) is 13.2. The molecule has 0 aliphatic carbocycles. The lowest BCUT2D eigenvalue weighted by Crippen LogP contribution is -2.47. The normalized spacial score (nSPS) is 14.9. The number of carbonyl (C=O) groups is 1. The maximum Gasteiger partial charge on any atom is 0.273 e. The van der Waals surface area contributed by atoms with Crippen LogP contribution in [-0.4, -0.2) is 46.3 Å². The molecule has 1 atom stereocenters. The van der Waals surface area contributed by atoms with E-state index in [-0.39, 0.29) is 12.5 Å². The van der Waals surface area contributed by atoms with Crippen LogP contribution in [0.3, 0.4) is 0 Å². The van der Waals surface area contributed by atoms with Crippen molar-refractivity contribution in [1.82, 2.24) is 14.5 Å². The van der Waals surface area contributed by atoms with E-state index in [0.717, 1.165) is 28.9 Å². The average molecular weight is 465 g/mol. The number of amides is 1. The third-order valence-corrected chi connectivity index (χ3v) is 6.35. The van der Waals surface area contributed by atoms with Gasteiger partial charge in [-0.15, -0.1) is 0 Å². The number of anilines is 1. The number of hydrogen-bond donors (Lipinski definition) is 0. The van der Waals surface area contributed by atoms with Gasteiger partial charge >= 0.3 is 0 Å². The van der Waals surface area contributed by atoms with Gasteiger partial charge in [0.25, 0.3) is 5.91 Å². The minimum Gasteiger partial charge on any atom is -0.492 e. The molecule has 0 bridgehead atoms. The Kier molecular flexibility index (Phi) is 6.12. The quantitative estimate of drug-likeness (QED) is 0.390. The van der Waals surface area contributed by atoms with E-state index >= 15 is 0 Å². The van der Waals surface area contributed by atoms with Gasteiger partial charge in [-0.25, -0.2) is 9.97 Å². The Balaban J connectivity index is 1.42. The fourth-order valence-corrected chi connectivity index (χ4v) is 4.76. The third kappa shape index (κ3) is 4.49. The molecular formula is C24H24N4O4S. The zero-order valence-corrected chi connectivity index (χ0v) is 19.0. The van der Waals surface area contributed by atoms with Crippen LogP contribution in [0.5, 0.6) is 17.2 Å². The second-order valence-electron chi connectivity index (χ2n) is 7.54. The lowest BCUT2D eigenvalue weighted by molar-refractivity contribution is -0.127. The number of hydrogen-bond acceptors (Lipinski definition) is 7. The van der Waals surface area contributed by atoms with Gasteiger partial charge in [0.1, 0.15) is 17.9 Å². The van der Waals surface area contributed by atoms with Crippen molar-refractivity contribution in [3.8, 4) is 17.2 Å². The smallest absolute Gasteiger partial charge is 0.273 e. The first-order valence-corrected chi connectivity index (χ1v) is 11.7. The fourth-order valence-electron chi connectivity index (χ4n) is 3.74. The number of carbonyl (C=O) groups excluding carboxylic acids is 1. The molecule has 3 heterocycles. The molecule has 0 saturated carbocycles. The van der Waals surface area contributed by atoms with E-state index < -0.39 is 6.10 Å². The molecule has 4 aromatic rings. The minimum absolute atomic E-state index is 0.156. The molecule has 9 heteroatoms. The Bertz CT molecular complexity index is 1240. The second-order valence-corrected chi connectivity index (χ2v) is 8.55. The van der Waals surface area contributed by atoms with Gasteiger partial charge in [0.05, 0.1) is 17.6 Å². The Labute approximate surface area is 195 Å². The van der Waals surface area contributed by atoms with Crippen LogP contribution in [0.25, 0.3) is 10.2 Å². The van der Waals surface area contributed by atoms with Crippen molar-refractivity contribution >= 4 is 32.6 Å². The van der Waals surface area contributed by atoms with Crippen LogP contribution in [-0.2, 0) is 11.3 Å². The molecule has 2 aromatic heterocycles. The van der Waals surface area contributed by atoms with Crippen molar-refractivity contribution in [3.63, 3.8) is 0 Å². The third-order valence-electron chi connectivity index (χ3n) is 5.31. The number of benzene rings is 2. The summed E-state index contributed by atoms with van der Waals surface area (Å²) < 4.78 is 20.5. The summed E-state index contributed by atoms with van der Waals surface area (Å²) in [5, 5.41) is 0.621. The molecule has 1 unspecified atom stereocenters. The SMILES string of the molecule is CCOc1cccc2sc(N(CCCn3ccnc3)C(=O)C3COc4ccccc4O3)nc12. The predicted octanol–water partition coefficient (Wildman–Crippen LogP) is 4.15. The van der Waals surface area contributed by atoms with E-state index in [2.05, 4.69) is 4.98 Å². The molecule has 0 N–H and O–H groups in total. The Morgan fingerprint density at radius 3 is 2.94 bits per heavy atom. The number of nitrogens with zero attached hydrogens (tertiary/aromatic N) is 4. The van der Waals surface area contributed by atoms with E-state index in [1.807, 2.05) is 60.2 Å². The van der Waals surface area contributed by atoms with Crippen molar-refractivity contribution in [2.75, 3.05) is 24.7 Å². The standard InChI is InChI=1S/C24H24N4O4S/c1-2-30-19-9-5-10-21-22(19)26-24(33-21)28(13-6-12-27-14-11-25-16-27)23(29)20-15-31-17-7-3-4-8-18(17)32-20/h3-5,7-11,14,16,20H,2,6,12-13,15H2,1H3. The molecule has 0 spiro atoms. The number of aryl methyl sites for hydroxylation is 1. The highest BCUT2D eigenvalue weighted by atomic mass is 32.1. The van der Waals surface area contributed by atoms with Gasteiger partial charge in [0.15, 0.2) is 16.6 Å². The summed E-state index contributed by atoms with van der Waals surface area (Å²) >= 11 is 1.47. The van der Waals surface area contributed by atoms with Gasteiger partial charge in [-0.2, -0.15) is 0 Å². The molecule has 1 aliphatic heterocycles. The molecule has 5 rings (SSSR count). The summed E-state index contributed by atoms with van der Waals surface area (Å²) in [6.45, 7) is 3.87. The number of rotatable bonds is 8. The number of thiazole rings is 1.